The maximum Gasteiger partial charge on any atom is 0.336 e. The number of carbonyl (C=O) groups is 1. The van der Waals surface area contributed by atoms with Crippen molar-refractivity contribution in [2.45, 2.75) is 18.9 Å². The zero-order valence-electron chi connectivity index (χ0n) is 12.5. The molecule has 0 saturated carbocycles. The molecule has 6 nitrogen and oxygen atoms in total. The van der Waals surface area contributed by atoms with Crippen molar-refractivity contribution >= 4 is 29.3 Å². The molecule has 1 amide bonds. The number of fused-ring (bicyclic) bond motifs is 1. The lowest BCUT2D eigenvalue weighted by Crippen LogP contribution is -2.39. The first-order chi connectivity index (χ1) is 10.7. The van der Waals surface area contributed by atoms with Crippen LogP contribution in [0.25, 0.3) is 11.0 Å². The van der Waals surface area contributed by atoms with Crippen molar-refractivity contribution in [3.8, 4) is 5.75 Å². The van der Waals surface area contributed by atoms with E-state index in [-0.39, 0.29) is 24.9 Å². The number of hydrogen-bond donors (Lipinski definition) is 2. The van der Waals surface area contributed by atoms with E-state index in [0.29, 0.717) is 23.9 Å². The van der Waals surface area contributed by atoms with Gasteiger partial charge in [0.15, 0.2) is 6.61 Å². The van der Waals surface area contributed by atoms with E-state index in [9.17, 15) is 9.59 Å². The van der Waals surface area contributed by atoms with Gasteiger partial charge in [0.1, 0.15) is 11.3 Å². The van der Waals surface area contributed by atoms with Crippen LogP contribution in [0.3, 0.4) is 0 Å². The third kappa shape index (κ3) is 4.71. The van der Waals surface area contributed by atoms with Crippen LogP contribution in [0.1, 0.15) is 12.8 Å². The van der Waals surface area contributed by atoms with Gasteiger partial charge in [-0.1, -0.05) is 0 Å². The predicted molar refractivity (Wildman–Crippen MR) is 89.3 cm³/mol. The Morgan fingerprint density at radius 1 is 1.35 bits per heavy atom. The van der Waals surface area contributed by atoms with Crippen LogP contribution in [0.15, 0.2) is 39.5 Å². The number of nitrogens with one attached hydrogen (secondary N) is 2. The first-order valence-corrected chi connectivity index (χ1v) is 7.37. The van der Waals surface area contributed by atoms with Gasteiger partial charge in [-0.25, -0.2) is 4.79 Å². The fourth-order valence-corrected chi connectivity index (χ4v) is 2.50. The Morgan fingerprint density at radius 3 is 2.96 bits per heavy atom. The molecule has 0 radical (unpaired) electrons. The van der Waals surface area contributed by atoms with Crippen molar-refractivity contribution in [1.82, 2.24) is 10.6 Å². The van der Waals surface area contributed by atoms with E-state index in [1.54, 1.807) is 24.3 Å². The molecule has 0 bridgehead atoms. The van der Waals surface area contributed by atoms with Crippen molar-refractivity contribution in [1.29, 1.82) is 0 Å². The molecule has 1 aromatic carbocycles. The van der Waals surface area contributed by atoms with E-state index in [1.165, 1.54) is 6.07 Å². The Balaban J connectivity index is 0.00000192. The van der Waals surface area contributed by atoms with Gasteiger partial charge in [-0.2, -0.15) is 0 Å². The summed E-state index contributed by atoms with van der Waals surface area (Å²) < 4.78 is 10.5. The molecule has 1 atom stereocenters. The summed E-state index contributed by atoms with van der Waals surface area (Å²) in [5, 5.41) is 6.96. The zero-order valence-corrected chi connectivity index (χ0v) is 13.4. The second kappa shape index (κ2) is 7.99. The molecule has 1 unspecified atom stereocenters. The van der Waals surface area contributed by atoms with Gasteiger partial charge in [-0.15, -0.1) is 12.4 Å². The van der Waals surface area contributed by atoms with Crippen molar-refractivity contribution < 1.29 is 13.9 Å². The Bertz CT molecular complexity index is 725. The van der Waals surface area contributed by atoms with E-state index in [4.69, 9.17) is 9.15 Å². The molecule has 3 rings (SSSR count). The summed E-state index contributed by atoms with van der Waals surface area (Å²) in [4.78, 5) is 22.9. The molecular formula is C16H19ClN2O4. The molecular weight excluding hydrogens is 320 g/mol. The highest BCUT2D eigenvalue weighted by Gasteiger charge is 2.14. The Hall–Kier alpha value is -2.05. The number of ether oxygens (including phenoxy) is 1. The van der Waals surface area contributed by atoms with Crippen molar-refractivity contribution in [3.05, 3.63) is 40.8 Å². The van der Waals surface area contributed by atoms with Crippen LogP contribution in [0, 0.1) is 0 Å². The predicted octanol–water partition coefficient (Wildman–Crippen LogP) is 1.46. The number of rotatable bonds is 5. The maximum absolute atomic E-state index is 11.8. The van der Waals surface area contributed by atoms with Crippen molar-refractivity contribution in [2.75, 3.05) is 19.7 Å². The minimum atomic E-state index is -0.411. The zero-order chi connectivity index (χ0) is 15.4. The van der Waals surface area contributed by atoms with Gasteiger partial charge in [0.25, 0.3) is 5.91 Å². The van der Waals surface area contributed by atoms with E-state index >= 15 is 0 Å². The van der Waals surface area contributed by atoms with Gasteiger partial charge >= 0.3 is 5.63 Å². The summed E-state index contributed by atoms with van der Waals surface area (Å²) >= 11 is 0. The molecule has 1 aromatic heterocycles. The average molecular weight is 339 g/mol. The molecule has 23 heavy (non-hydrogen) atoms. The molecule has 124 valence electrons. The standard InChI is InChI=1S/C16H18N2O4.ClH/c19-15(18-9-12-2-1-7-17-12)10-21-13-5-3-11-4-6-16(20)22-14(11)8-13;/h3-6,8,12,17H,1-2,7,9-10H2,(H,18,19);1H. The van der Waals surface area contributed by atoms with Crippen molar-refractivity contribution in [2.24, 2.45) is 0 Å². The number of carbonyl (C=O) groups excluding carboxylic acids is 1. The molecule has 0 spiro atoms. The first-order valence-electron chi connectivity index (χ1n) is 7.37. The number of benzene rings is 1. The minimum absolute atomic E-state index is 0. The fourth-order valence-electron chi connectivity index (χ4n) is 2.50. The second-order valence-electron chi connectivity index (χ2n) is 5.34. The molecule has 2 aromatic rings. The van der Waals surface area contributed by atoms with Gasteiger partial charge in [-0.05, 0) is 37.6 Å². The van der Waals surface area contributed by atoms with Gasteiger partial charge in [-0.3, -0.25) is 4.79 Å². The van der Waals surface area contributed by atoms with E-state index in [1.807, 2.05) is 0 Å². The summed E-state index contributed by atoms with van der Waals surface area (Å²) in [7, 11) is 0. The number of hydrogen-bond acceptors (Lipinski definition) is 5. The fraction of sp³-hybridized carbons (Fsp3) is 0.375. The lowest BCUT2D eigenvalue weighted by atomic mass is 10.2. The maximum atomic E-state index is 11.8. The molecule has 1 aliphatic rings. The molecule has 1 aliphatic heterocycles. The lowest BCUT2D eigenvalue weighted by Gasteiger charge is -2.12. The van der Waals surface area contributed by atoms with Crippen LogP contribution in [0.2, 0.25) is 0 Å². The summed E-state index contributed by atoms with van der Waals surface area (Å²) in [6.07, 6.45) is 2.24. The van der Waals surface area contributed by atoms with Crippen LogP contribution in [-0.2, 0) is 4.79 Å². The third-order valence-electron chi connectivity index (χ3n) is 3.67. The molecule has 7 heteroatoms. The monoisotopic (exact) mass is 338 g/mol. The van der Waals surface area contributed by atoms with Gasteiger partial charge < -0.3 is 19.8 Å². The Kier molecular flexibility index (Phi) is 6.01. The highest BCUT2D eigenvalue weighted by atomic mass is 35.5. The molecule has 0 aliphatic carbocycles. The summed E-state index contributed by atoms with van der Waals surface area (Å²) in [6, 6.07) is 8.56. The van der Waals surface area contributed by atoms with Gasteiger partial charge in [0.2, 0.25) is 0 Å². The first kappa shape index (κ1) is 17.3. The number of amides is 1. The van der Waals surface area contributed by atoms with Crippen LogP contribution in [-0.4, -0.2) is 31.6 Å². The Morgan fingerprint density at radius 2 is 2.17 bits per heavy atom. The number of halogens is 1. The van der Waals surface area contributed by atoms with Gasteiger partial charge in [0.05, 0.1) is 0 Å². The summed E-state index contributed by atoms with van der Waals surface area (Å²) in [5.74, 6) is 0.333. The molecule has 2 N–H and O–H groups in total. The summed E-state index contributed by atoms with van der Waals surface area (Å²) in [6.45, 7) is 1.57. The Labute approximate surface area is 139 Å². The minimum Gasteiger partial charge on any atom is -0.484 e. The topological polar surface area (TPSA) is 80.6 Å². The largest absolute Gasteiger partial charge is 0.484 e. The highest BCUT2D eigenvalue weighted by molar-refractivity contribution is 5.85. The quantitative estimate of drug-likeness (QED) is 0.807. The van der Waals surface area contributed by atoms with Crippen LogP contribution >= 0.6 is 12.4 Å². The van der Waals surface area contributed by atoms with Crippen LogP contribution in [0.5, 0.6) is 5.75 Å². The van der Waals surface area contributed by atoms with E-state index < -0.39 is 5.63 Å². The third-order valence-corrected chi connectivity index (χ3v) is 3.67. The van der Waals surface area contributed by atoms with Crippen LogP contribution in [0.4, 0.5) is 0 Å². The normalized spacial score (nSPS) is 16.8. The van der Waals surface area contributed by atoms with E-state index in [2.05, 4.69) is 10.6 Å². The second-order valence-corrected chi connectivity index (χ2v) is 5.34. The van der Waals surface area contributed by atoms with Gasteiger partial charge in [0, 0.05) is 30.1 Å². The van der Waals surface area contributed by atoms with Crippen molar-refractivity contribution in [3.63, 3.8) is 0 Å². The average Bonchev–Trinajstić information content (AvgIpc) is 3.04. The molecule has 2 heterocycles. The molecule has 1 fully saturated rings. The SMILES string of the molecule is Cl.O=C(COc1ccc2ccc(=O)oc2c1)NCC1CCCN1. The smallest absolute Gasteiger partial charge is 0.336 e. The van der Waals surface area contributed by atoms with Crippen LogP contribution < -0.4 is 21.0 Å². The highest BCUT2D eigenvalue weighted by Crippen LogP contribution is 2.19. The molecule has 1 saturated heterocycles. The van der Waals surface area contributed by atoms with E-state index in [0.717, 1.165) is 24.8 Å². The lowest BCUT2D eigenvalue weighted by molar-refractivity contribution is -0.123. The summed E-state index contributed by atoms with van der Waals surface area (Å²) in [5.41, 5.74) is 0.0343.